The summed E-state index contributed by atoms with van der Waals surface area (Å²) in [5, 5.41) is 20.0. The Morgan fingerprint density at radius 3 is 2.81 bits per heavy atom. The topological polar surface area (TPSA) is 111 Å². The van der Waals surface area contributed by atoms with Gasteiger partial charge < -0.3 is 21.1 Å². The van der Waals surface area contributed by atoms with Crippen LogP contribution < -0.4 is 21.7 Å². The summed E-state index contributed by atoms with van der Waals surface area (Å²) >= 11 is 1.73. The molecule has 0 aromatic heterocycles. The Morgan fingerprint density at radius 1 is 1.47 bits per heavy atom. The number of aliphatic imine (C=N–C) groups is 1. The molecule has 1 fully saturated rings. The number of hydrogen-bond donors (Lipinski definition) is 4. The number of thioether (sulfide) groups is 1. The Labute approximate surface area is 199 Å². The van der Waals surface area contributed by atoms with Crippen molar-refractivity contribution in [1.82, 2.24) is 20.9 Å². The fourth-order valence-corrected chi connectivity index (χ4v) is 4.43. The monoisotopic (exact) mass is 465 g/mol. The molecule has 2 unspecified atom stereocenters. The van der Waals surface area contributed by atoms with Crippen LogP contribution in [0.5, 0.6) is 0 Å². The van der Waals surface area contributed by atoms with E-state index in [2.05, 4.69) is 71.9 Å². The van der Waals surface area contributed by atoms with Crippen molar-refractivity contribution in [3.63, 3.8) is 0 Å². The zero-order valence-electron chi connectivity index (χ0n) is 20.7. The van der Waals surface area contributed by atoms with Crippen LogP contribution in [0.25, 0.3) is 0 Å². The van der Waals surface area contributed by atoms with Gasteiger partial charge in [0.25, 0.3) is 0 Å². The highest BCUT2D eigenvalue weighted by Crippen LogP contribution is 2.32. The van der Waals surface area contributed by atoms with Crippen LogP contribution in [0.1, 0.15) is 40.5 Å². The molecule has 0 aliphatic carbocycles. The Morgan fingerprint density at radius 2 is 2.22 bits per heavy atom. The summed E-state index contributed by atoms with van der Waals surface area (Å²) in [6.45, 7) is 13.0. The van der Waals surface area contributed by atoms with Crippen molar-refractivity contribution in [3.05, 3.63) is 22.4 Å². The highest BCUT2D eigenvalue weighted by Gasteiger charge is 2.29. The van der Waals surface area contributed by atoms with Gasteiger partial charge in [-0.2, -0.15) is 5.26 Å². The molecule has 1 heterocycles. The smallest absolute Gasteiger partial charge is 0.156 e. The van der Waals surface area contributed by atoms with Crippen LogP contribution in [0.2, 0.25) is 0 Å². The van der Waals surface area contributed by atoms with Crippen molar-refractivity contribution in [2.45, 2.75) is 46.8 Å². The van der Waals surface area contributed by atoms with Gasteiger partial charge in [0.1, 0.15) is 0 Å². The summed E-state index contributed by atoms with van der Waals surface area (Å²) < 4.78 is 5.94. The van der Waals surface area contributed by atoms with E-state index in [1.807, 2.05) is 7.05 Å². The molecule has 182 valence electrons. The fourth-order valence-electron chi connectivity index (χ4n) is 3.81. The van der Waals surface area contributed by atoms with Gasteiger partial charge in [-0.25, -0.2) is 0 Å². The van der Waals surface area contributed by atoms with Gasteiger partial charge in [0.05, 0.1) is 30.7 Å². The molecular weight excluding hydrogens is 422 g/mol. The van der Waals surface area contributed by atoms with E-state index >= 15 is 0 Å². The first-order valence-corrected chi connectivity index (χ1v) is 12.5. The van der Waals surface area contributed by atoms with Crippen LogP contribution in [-0.2, 0) is 4.74 Å². The number of nitriles is 1. The maximum Gasteiger partial charge on any atom is 0.156 e. The van der Waals surface area contributed by atoms with E-state index in [-0.39, 0.29) is 11.7 Å². The maximum absolute atomic E-state index is 8.81. The lowest BCUT2D eigenvalue weighted by atomic mass is 9.79. The van der Waals surface area contributed by atoms with E-state index in [1.165, 1.54) is 10.6 Å². The molecule has 0 aromatic carbocycles. The van der Waals surface area contributed by atoms with Crippen LogP contribution in [0.4, 0.5) is 0 Å². The van der Waals surface area contributed by atoms with E-state index in [0.29, 0.717) is 25.6 Å². The molecular formula is C23H43N7OS. The molecule has 8 nitrogen and oxygen atoms in total. The van der Waals surface area contributed by atoms with Gasteiger partial charge in [0, 0.05) is 50.7 Å². The van der Waals surface area contributed by atoms with Gasteiger partial charge in [-0.15, -0.1) is 11.8 Å². The van der Waals surface area contributed by atoms with Crippen molar-refractivity contribution in [3.8, 4) is 6.07 Å². The Hall–Kier alpha value is -1.57. The largest absolute Gasteiger partial charge is 0.390 e. The number of allylic oxidation sites excluding steroid dienone is 2. The van der Waals surface area contributed by atoms with E-state index in [1.54, 1.807) is 18.0 Å². The number of nitrogens with two attached hydrogens (primary N) is 1. The summed E-state index contributed by atoms with van der Waals surface area (Å²) in [4.78, 5) is 6.79. The number of nitrogens with one attached hydrogen (secondary N) is 3. The summed E-state index contributed by atoms with van der Waals surface area (Å²) in [6, 6.07) is 2.10. The van der Waals surface area contributed by atoms with Crippen molar-refractivity contribution >= 4 is 18.0 Å². The first-order valence-electron chi connectivity index (χ1n) is 11.3. The lowest BCUT2D eigenvalue weighted by molar-refractivity contribution is 0.117. The van der Waals surface area contributed by atoms with Crippen molar-refractivity contribution in [2.75, 3.05) is 52.8 Å². The van der Waals surface area contributed by atoms with E-state index in [0.717, 1.165) is 38.4 Å². The third-order valence-corrected chi connectivity index (χ3v) is 6.64. The maximum atomic E-state index is 8.81. The zero-order valence-corrected chi connectivity index (χ0v) is 21.5. The number of ether oxygens (including phenoxy) is 1. The zero-order chi connectivity index (χ0) is 24.0. The molecule has 32 heavy (non-hydrogen) atoms. The molecule has 0 radical (unpaired) electrons. The molecule has 1 saturated heterocycles. The van der Waals surface area contributed by atoms with Crippen LogP contribution in [0.15, 0.2) is 27.4 Å². The molecule has 0 aromatic rings. The highest BCUT2D eigenvalue weighted by atomic mass is 32.2. The second-order valence-corrected chi connectivity index (χ2v) is 9.39. The predicted molar refractivity (Wildman–Crippen MR) is 136 cm³/mol. The molecule has 0 amide bonds. The average Bonchev–Trinajstić information content (AvgIpc) is 3.02. The molecule has 2 atom stereocenters. The molecule has 1 rings (SSSR count). The fraction of sp³-hybridized carbons (Fsp3) is 0.739. The van der Waals surface area contributed by atoms with E-state index < -0.39 is 0 Å². The SMILES string of the molecule is C/C=C(\CC1COCCN(C(/N=C\CC#N)NCN)C1)C(C)(C)CN/C(SC)=C(\C)NC. The third-order valence-electron chi connectivity index (χ3n) is 5.78. The second-order valence-electron chi connectivity index (χ2n) is 8.58. The minimum absolute atomic E-state index is 0.000738. The van der Waals surface area contributed by atoms with E-state index in [4.69, 9.17) is 15.7 Å². The first-order chi connectivity index (χ1) is 15.3. The van der Waals surface area contributed by atoms with Crippen LogP contribution >= 0.6 is 11.8 Å². The molecule has 1 aliphatic heterocycles. The number of rotatable bonds is 13. The third kappa shape index (κ3) is 9.51. The van der Waals surface area contributed by atoms with Gasteiger partial charge >= 0.3 is 0 Å². The summed E-state index contributed by atoms with van der Waals surface area (Å²) in [5.74, 6) is 0.353. The lowest BCUT2D eigenvalue weighted by Crippen LogP contribution is -2.48. The number of nitrogens with zero attached hydrogens (tertiary/aromatic N) is 3. The van der Waals surface area contributed by atoms with E-state index in [9.17, 15) is 0 Å². The quantitative estimate of drug-likeness (QED) is 0.186. The molecule has 0 saturated carbocycles. The average molecular weight is 466 g/mol. The number of hydrogen-bond acceptors (Lipinski definition) is 9. The highest BCUT2D eigenvalue weighted by molar-refractivity contribution is 8.02. The molecule has 5 N–H and O–H groups in total. The second kappa shape index (κ2) is 15.3. The van der Waals surface area contributed by atoms with Crippen molar-refractivity contribution in [1.29, 1.82) is 5.26 Å². The summed E-state index contributed by atoms with van der Waals surface area (Å²) in [7, 11) is 1.95. The van der Waals surface area contributed by atoms with Crippen molar-refractivity contribution in [2.24, 2.45) is 22.1 Å². The standard InChI is InChI=1S/C23H43N7OS/c1-7-20(23(3,4)16-28-21(32-6)18(2)26-5)13-19-14-30(11-12-31-15-19)22(29-17-25)27-10-8-9-24/h7,10,19,22,26,28-29H,8,11-17,25H2,1-6H3/b20-7+,21-18-,27-10-. The van der Waals surface area contributed by atoms with Gasteiger partial charge in [-0.05, 0) is 32.4 Å². The van der Waals surface area contributed by atoms with Crippen LogP contribution in [-0.4, -0.2) is 70.2 Å². The van der Waals surface area contributed by atoms with Gasteiger partial charge in [-0.1, -0.05) is 25.5 Å². The Balaban J connectivity index is 2.88. The Kier molecular flexibility index (Phi) is 13.6. The predicted octanol–water partition coefficient (Wildman–Crippen LogP) is 2.43. The first kappa shape index (κ1) is 28.5. The summed E-state index contributed by atoms with van der Waals surface area (Å²) in [5.41, 5.74) is 8.31. The van der Waals surface area contributed by atoms with Crippen LogP contribution in [0.3, 0.4) is 0 Å². The molecule has 0 spiro atoms. The lowest BCUT2D eigenvalue weighted by Gasteiger charge is -2.34. The Bertz CT molecular complexity index is 684. The van der Waals surface area contributed by atoms with Gasteiger partial charge in [0.15, 0.2) is 6.29 Å². The van der Waals surface area contributed by atoms with Gasteiger partial charge in [0.2, 0.25) is 0 Å². The van der Waals surface area contributed by atoms with Gasteiger partial charge in [-0.3, -0.25) is 15.2 Å². The molecule has 9 heteroatoms. The normalized spacial score (nSPS) is 20.4. The van der Waals surface area contributed by atoms with Crippen molar-refractivity contribution < 1.29 is 4.74 Å². The molecule has 1 aliphatic rings. The minimum atomic E-state index is -0.236. The summed E-state index contributed by atoms with van der Waals surface area (Å²) in [6.07, 6.45) is 7.02. The minimum Gasteiger partial charge on any atom is -0.390 e. The molecule has 0 bridgehead atoms. The van der Waals surface area contributed by atoms with Crippen LogP contribution in [0, 0.1) is 22.7 Å².